The lowest BCUT2D eigenvalue weighted by Gasteiger charge is -2.16. The number of carbonyl (C=O) groups is 1. The number of amides is 1. The van der Waals surface area contributed by atoms with Gasteiger partial charge in [-0.3, -0.25) is 14.4 Å². The molecule has 3 heterocycles. The molecule has 0 fully saturated rings. The molecular weight excluding hydrogens is 352 g/mol. The largest absolute Gasteiger partial charge is 0.333 e. The first-order chi connectivity index (χ1) is 12.5. The van der Waals surface area contributed by atoms with Crippen LogP contribution in [-0.2, 0) is 6.54 Å². The second-order valence-corrected chi connectivity index (χ2v) is 6.82. The average molecular weight is 366 g/mol. The molecule has 4 rings (SSSR count). The van der Waals surface area contributed by atoms with Crippen LogP contribution in [0, 0.1) is 0 Å². The van der Waals surface area contributed by atoms with Gasteiger partial charge in [0, 0.05) is 12.4 Å². The van der Waals surface area contributed by atoms with Gasteiger partial charge in [-0.15, -0.1) is 11.3 Å². The third-order valence-corrected chi connectivity index (χ3v) is 4.98. The van der Waals surface area contributed by atoms with Crippen molar-refractivity contribution >= 4 is 38.2 Å². The van der Waals surface area contributed by atoms with Crippen molar-refractivity contribution in [3.63, 3.8) is 0 Å². The number of aromatic amines is 2. The molecule has 7 nitrogen and oxygen atoms in total. The molecule has 0 saturated heterocycles. The van der Waals surface area contributed by atoms with Crippen molar-refractivity contribution in [2.45, 2.75) is 6.54 Å². The third-order valence-electron chi connectivity index (χ3n) is 4.08. The number of nitrogens with zero attached hydrogens (tertiary/aromatic N) is 2. The van der Waals surface area contributed by atoms with Gasteiger partial charge in [0.1, 0.15) is 16.2 Å². The van der Waals surface area contributed by atoms with Crippen LogP contribution in [0.1, 0.15) is 16.3 Å². The minimum Gasteiger partial charge on any atom is -0.333 e. The predicted octanol–water partition coefficient (Wildman–Crippen LogP) is 2.10. The lowest BCUT2D eigenvalue weighted by atomic mass is 10.1. The lowest BCUT2D eigenvalue weighted by Crippen LogP contribution is -2.30. The van der Waals surface area contributed by atoms with Crippen molar-refractivity contribution in [1.82, 2.24) is 19.9 Å². The molecule has 1 aromatic carbocycles. The van der Waals surface area contributed by atoms with E-state index < -0.39 is 0 Å². The molecule has 26 heavy (non-hydrogen) atoms. The Balaban J connectivity index is 1.65. The number of hydrogen-bond donors (Lipinski definition) is 2. The summed E-state index contributed by atoms with van der Waals surface area (Å²) < 4.78 is 0.557. The van der Waals surface area contributed by atoms with Gasteiger partial charge in [-0.05, 0) is 29.0 Å². The summed E-state index contributed by atoms with van der Waals surface area (Å²) in [5.41, 5.74) is 0.259. The zero-order chi connectivity index (χ0) is 18.3. The van der Waals surface area contributed by atoms with Gasteiger partial charge >= 0.3 is 0 Å². The fraction of sp³-hybridized carbons (Fsp3) is 0.111. The summed E-state index contributed by atoms with van der Waals surface area (Å²) in [6.07, 6.45) is 0. The number of carbonyl (C=O) groups excluding carboxylic acids is 1. The van der Waals surface area contributed by atoms with Gasteiger partial charge in [0.05, 0.1) is 12.1 Å². The number of fused-ring (bicyclic) bond motifs is 2. The molecular formula is C18H14N4O3S. The van der Waals surface area contributed by atoms with Gasteiger partial charge in [0.25, 0.3) is 17.0 Å². The normalized spacial score (nSPS) is 11.1. The zero-order valence-corrected chi connectivity index (χ0v) is 14.6. The van der Waals surface area contributed by atoms with Crippen LogP contribution in [0.2, 0.25) is 0 Å². The smallest absolute Gasteiger partial charge is 0.270 e. The third kappa shape index (κ3) is 2.80. The Labute approximate surface area is 150 Å². The Morgan fingerprint density at radius 1 is 1.15 bits per heavy atom. The van der Waals surface area contributed by atoms with Crippen LogP contribution in [0.4, 0.5) is 0 Å². The molecule has 4 aromatic rings. The van der Waals surface area contributed by atoms with Crippen molar-refractivity contribution in [2.24, 2.45) is 0 Å². The van der Waals surface area contributed by atoms with Gasteiger partial charge in [-0.25, -0.2) is 4.98 Å². The summed E-state index contributed by atoms with van der Waals surface area (Å²) in [7, 11) is 1.59. The number of hydrogen-bond acceptors (Lipinski definition) is 5. The van der Waals surface area contributed by atoms with Crippen LogP contribution in [0.3, 0.4) is 0 Å². The lowest BCUT2D eigenvalue weighted by molar-refractivity contribution is 0.0775. The minimum atomic E-state index is -0.360. The Bertz CT molecular complexity index is 1250. The molecule has 0 aliphatic rings. The summed E-state index contributed by atoms with van der Waals surface area (Å²) in [6.45, 7) is 0.120. The Morgan fingerprint density at radius 3 is 2.81 bits per heavy atom. The molecule has 0 aliphatic heterocycles. The van der Waals surface area contributed by atoms with Crippen LogP contribution in [0.5, 0.6) is 0 Å². The minimum absolute atomic E-state index is 0.120. The zero-order valence-electron chi connectivity index (χ0n) is 13.8. The van der Waals surface area contributed by atoms with Gasteiger partial charge < -0.3 is 14.9 Å². The molecule has 0 radical (unpaired) electrons. The van der Waals surface area contributed by atoms with E-state index >= 15 is 0 Å². The summed E-state index contributed by atoms with van der Waals surface area (Å²) in [5, 5.41) is 3.02. The molecule has 3 aromatic heterocycles. The monoisotopic (exact) mass is 366 g/mol. The van der Waals surface area contributed by atoms with E-state index in [1.54, 1.807) is 42.8 Å². The fourth-order valence-electron chi connectivity index (χ4n) is 2.82. The standard InChI is InChI=1S/C18H14N4O3S/c1-22(9-14-19-12-6-7-26-15(12)17(24)21-14)18(25)13-8-10-4-2-3-5-11(10)16(23)20-13/h2-8H,9H2,1H3,(H,20,23)(H,19,21,24). The molecule has 1 amide bonds. The van der Waals surface area contributed by atoms with Crippen LogP contribution in [-0.4, -0.2) is 32.8 Å². The van der Waals surface area contributed by atoms with Gasteiger partial charge in [0.2, 0.25) is 0 Å². The number of nitrogens with one attached hydrogen (secondary N) is 2. The first kappa shape index (κ1) is 16.2. The van der Waals surface area contributed by atoms with E-state index in [1.807, 2.05) is 6.07 Å². The molecule has 0 bridgehead atoms. The number of benzene rings is 1. The maximum atomic E-state index is 12.7. The van der Waals surface area contributed by atoms with E-state index in [1.165, 1.54) is 16.2 Å². The van der Waals surface area contributed by atoms with Crippen molar-refractivity contribution in [3.8, 4) is 0 Å². The van der Waals surface area contributed by atoms with Gasteiger partial charge in [-0.1, -0.05) is 18.2 Å². The number of pyridine rings is 1. The molecule has 2 N–H and O–H groups in total. The van der Waals surface area contributed by atoms with E-state index in [-0.39, 0.29) is 29.3 Å². The molecule has 0 atom stereocenters. The van der Waals surface area contributed by atoms with E-state index in [2.05, 4.69) is 15.0 Å². The summed E-state index contributed by atoms with van der Waals surface area (Å²) >= 11 is 1.32. The molecule has 8 heteroatoms. The first-order valence-corrected chi connectivity index (χ1v) is 8.75. The number of aromatic nitrogens is 3. The molecule has 0 spiro atoms. The van der Waals surface area contributed by atoms with Crippen LogP contribution in [0.15, 0.2) is 51.4 Å². The van der Waals surface area contributed by atoms with Crippen LogP contribution in [0.25, 0.3) is 21.0 Å². The van der Waals surface area contributed by atoms with Crippen molar-refractivity contribution in [3.05, 3.63) is 74.0 Å². The highest BCUT2D eigenvalue weighted by Gasteiger charge is 2.16. The SMILES string of the molecule is CN(Cc1nc2ccsc2c(=O)[nH]1)C(=O)c1cc2ccccc2c(=O)[nH]1. The highest BCUT2D eigenvalue weighted by molar-refractivity contribution is 7.17. The maximum absolute atomic E-state index is 12.7. The van der Waals surface area contributed by atoms with Crippen LogP contribution < -0.4 is 11.1 Å². The van der Waals surface area contributed by atoms with E-state index in [0.717, 1.165) is 0 Å². The molecule has 0 saturated carbocycles. The summed E-state index contributed by atoms with van der Waals surface area (Å²) in [4.78, 5) is 48.0. The second-order valence-electron chi connectivity index (χ2n) is 5.91. The second kappa shape index (κ2) is 6.23. The number of rotatable bonds is 3. The predicted molar refractivity (Wildman–Crippen MR) is 101 cm³/mol. The Kier molecular flexibility index (Phi) is 3.89. The molecule has 0 aliphatic carbocycles. The highest BCUT2D eigenvalue weighted by Crippen LogP contribution is 2.15. The first-order valence-electron chi connectivity index (χ1n) is 7.87. The van der Waals surface area contributed by atoms with Crippen LogP contribution >= 0.6 is 11.3 Å². The number of H-pyrrole nitrogens is 2. The number of thiophene rings is 1. The van der Waals surface area contributed by atoms with Crippen molar-refractivity contribution in [2.75, 3.05) is 7.05 Å². The van der Waals surface area contributed by atoms with Crippen molar-refractivity contribution in [1.29, 1.82) is 0 Å². The van der Waals surface area contributed by atoms with Crippen molar-refractivity contribution < 1.29 is 4.79 Å². The molecule has 0 unspecified atom stereocenters. The summed E-state index contributed by atoms with van der Waals surface area (Å²) in [6, 6.07) is 10.5. The molecule has 130 valence electrons. The average Bonchev–Trinajstić information content (AvgIpc) is 3.10. The maximum Gasteiger partial charge on any atom is 0.270 e. The topological polar surface area (TPSA) is 98.9 Å². The van der Waals surface area contributed by atoms with E-state index in [9.17, 15) is 14.4 Å². The van der Waals surface area contributed by atoms with Gasteiger partial charge in [-0.2, -0.15) is 0 Å². The quantitative estimate of drug-likeness (QED) is 0.580. The Hall–Kier alpha value is -3.26. The fourth-order valence-corrected chi connectivity index (χ4v) is 3.55. The Morgan fingerprint density at radius 2 is 1.96 bits per heavy atom. The van der Waals surface area contributed by atoms with Gasteiger partial charge in [0.15, 0.2) is 0 Å². The van der Waals surface area contributed by atoms with E-state index in [0.29, 0.717) is 26.8 Å². The van der Waals surface area contributed by atoms with E-state index in [4.69, 9.17) is 0 Å². The highest BCUT2D eigenvalue weighted by atomic mass is 32.1. The summed E-state index contributed by atoms with van der Waals surface area (Å²) in [5.74, 6) is 0.0285.